The van der Waals surface area contributed by atoms with Crippen molar-refractivity contribution in [3.05, 3.63) is 223 Å². The van der Waals surface area contributed by atoms with Gasteiger partial charge >= 0.3 is 0 Å². The molecule has 1 aliphatic heterocycles. The maximum absolute atomic E-state index is 5.40. The Morgan fingerprint density at radius 1 is 0.545 bits per heavy atom. The minimum Gasteiger partial charge on any atom is -0.310 e. The largest absolute Gasteiger partial charge is 0.310 e. The molecule has 0 N–H and O–H groups in total. The van der Waals surface area contributed by atoms with E-state index in [1.54, 1.807) is 0 Å². The number of nitrogens with zero attached hydrogens (tertiary/aromatic N) is 4. The van der Waals surface area contributed by atoms with Crippen LogP contribution in [-0.4, -0.2) is 14.5 Å². The lowest BCUT2D eigenvalue weighted by molar-refractivity contribution is 0.630. The Kier molecular flexibility index (Phi) is 9.32. The van der Waals surface area contributed by atoms with Gasteiger partial charge in [0.2, 0.25) is 0 Å². The molecule has 0 unspecified atom stereocenters. The highest BCUT2D eigenvalue weighted by atomic mass is 15.2. The molecule has 4 heteroatoms. The van der Waals surface area contributed by atoms with Crippen molar-refractivity contribution >= 4 is 65.6 Å². The van der Waals surface area contributed by atoms with E-state index >= 15 is 0 Å². The van der Waals surface area contributed by atoms with Crippen molar-refractivity contribution in [2.24, 2.45) is 0 Å². The van der Waals surface area contributed by atoms with Crippen molar-refractivity contribution in [3.63, 3.8) is 0 Å². The Bertz CT molecular complexity index is 3800. The third-order valence-corrected chi connectivity index (χ3v) is 13.8. The van der Waals surface area contributed by atoms with Crippen LogP contribution >= 0.6 is 0 Å². The quantitative estimate of drug-likeness (QED) is 0.150. The highest BCUT2D eigenvalue weighted by Gasteiger charge is 2.37. The smallest absolute Gasteiger partial charge is 0.160 e. The summed E-state index contributed by atoms with van der Waals surface area (Å²) in [5.41, 5.74) is 15.7. The molecule has 0 saturated heterocycles. The van der Waals surface area contributed by atoms with Gasteiger partial charge < -0.3 is 9.47 Å². The fourth-order valence-corrected chi connectivity index (χ4v) is 10.7. The molecular weight excluding hydrogens is 801 g/mol. The first-order chi connectivity index (χ1) is 32.4. The molecule has 12 rings (SSSR count). The van der Waals surface area contributed by atoms with Gasteiger partial charge in [-0.15, -0.1) is 0 Å². The Morgan fingerprint density at radius 3 is 2.08 bits per heavy atom. The van der Waals surface area contributed by atoms with Gasteiger partial charge in [0.15, 0.2) is 5.82 Å². The van der Waals surface area contributed by atoms with E-state index in [9.17, 15) is 0 Å². The summed E-state index contributed by atoms with van der Waals surface area (Å²) in [6, 6.07) is 68.4. The summed E-state index contributed by atoms with van der Waals surface area (Å²) in [4.78, 5) is 13.1. The first kappa shape index (κ1) is 39.5. The van der Waals surface area contributed by atoms with Gasteiger partial charge in [-0.05, 0) is 106 Å². The van der Waals surface area contributed by atoms with E-state index in [1.807, 2.05) is 0 Å². The average Bonchev–Trinajstić information content (AvgIpc) is 3.72. The van der Waals surface area contributed by atoms with Crippen LogP contribution in [0.4, 0.5) is 11.4 Å². The van der Waals surface area contributed by atoms with E-state index in [-0.39, 0.29) is 5.41 Å². The van der Waals surface area contributed by atoms with E-state index in [4.69, 9.17) is 9.97 Å². The van der Waals surface area contributed by atoms with Crippen LogP contribution in [0.3, 0.4) is 0 Å². The number of anilines is 2. The van der Waals surface area contributed by atoms with Crippen LogP contribution < -0.4 is 4.90 Å². The third kappa shape index (κ3) is 6.13. The van der Waals surface area contributed by atoms with Crippen LogP contribution in [0.2, 0.25) is 0 Å². The van der Waals surface area contributed by atoms with Crippen molar-refractivity contribution < 1.29 is 0 Å². The molecule has 0 spiro atoms. The highest BCUT2D eigenvalue weighted by molar-refractivity contribution is 6.25. The van der Waals surface area contributed by atoms with Crippen LogP contribution in [0.1, 0.15) is 45.2 Å². The maximum atomic E-state index is 5.40. The van der Waals surface area contributed by atoms with Crippen molar-refractivity contribution in [1.82, 2.24) is 14.5 Å². The van der Waals surface area contributed by atoms with Crippen LogP contribution in [0.15, 0.2) is 212 Å². The molecule has 0 fully saturated rings. The maximum Gasteiger partial charge on any atom is 0.160 e. The van der Waals surface area contributed by atoms with Crippen molar-refractivity contribution in [1.29, 1.82) is 0 Å². The predicted molar refractivity (Wildman–Crippen MR) is 279 cm³/mol. The summed E-state index contributed by atoms with van der Waals surface area (Å²) in [6.45, 7) is 9.06. The summed E-state index contributed by atoms with van der Waals surface area (Å²) < 4.78 is 2.44. The van der Waals surface area contributed by atoms with Gasteiger partial charge in [-0.25, -0.2) is 9.97 Å². The monoisotopic (exact) mass is 848 g/mol. The number of para-hydroxylation sites is 2. The Hall–Kier alpha value is -8.08. The first-order valence-electron chi connectivity index (χ1n) is 23.1. The number of benzene rings is 9. The van der Waals surface area contributed by atoms with Crippen LogP contribution in [-0.2, 0) is 5.41 Å². The SMILES string of the molecule is C/C=C(\C=C/CC)N1c2ccccc2C(C)(C)c2ccc(-c3cccc4c3c3c5ccccc5ccc3n4-c3cccc(-c4nc(-c5cccc6ccccc56)c5ccccc5n4)c3)cc21. The van der Waals surface area contributed by atoms with Crippen LogP contribution in [0.25, 0.3) is 93.7 Å². The van der Waals surface area contributed by atoms with E-state index < -0.39 is 0 Å². The third-order valence-electron chi connectivity index (χ3n) is 13.8. The fourth-order valence-electron chi connectivity index (χ4n) is 10.7. The summed E-state index contributed by atoms with van der Waals surface area (Å²) >= 11 is 0. The number of allylic oxidation sites excluding steroid dienone is 3. The first-order valence-corrected chi connectivity index (χ1v) is 23.1. The lowest BCUT2D eigenvalue weighted by Crippen LogP contribution is -2.32. The second-order valence-electron chi connectivity index (χ2n) is 17.9. The molecule has 2 aromatic heterocycles. The molecule has 66 heavy (non-hydrogen) atoms. The molecule has 4 nitrogen and oxygen atoms in total. The van der Waals surface area contributed by atoms with Gasteiger partial charge in [0.1, 0.15) is 0 Å². The number of rotatable bonds is 7. The Morgan fingerprint density at radius 2 is 1.23 bits per heavy atom. The molecule has 0 atom stereocenters. The molecule has 0 radical (unpaired) electrons. The second kappa shape index (κ2) is 15.6. The van der Waals surface area contributed by atoms with Gasteiger partial charge in [0, 0.05) is 44.1 Å². The van der Waals surface area contributed by atoms with Crippen molar-refractivity contribution in [3.8, 4) is 39.5 Å². The molecule has 0 bridgehead atoms. The zero-order valence-electron chi connectivity index (χ0n) is 37.6. The van der Waals surface area contributed by atoms with Gasteiger partial charge in [-0.3, -0.25) is 0 Å². The van der Waals surface area contributed by atoms with Gasteiger partial charge in [-0.2, -0.15) is 0 Å². The topological polar surface area (TPSA) is 34.0 Å². The van der Waals surface area contributed by atoms with Crippen molar-refractivity contribution in [2.75, 3.05) is 4.90 Å². The average molecular weight is 849 g/mol. The molecule has 0 amide bonds. The summed E-state index contributed by atoms with van der Waals surface area (Å²) in [5, 5.41) is 8.32. The van der Waals surface area contributed by atoms with Crippen LogP contribution in [0, 0.1) is 0 Å². The lowest BCUT2D eigenvalue weighted by Gasteiger charge is -2.42. The minimum absolute atomic E-state index is 0.193. The molecule has 3 heterocycles. The minimum atomic E-state index is -0.193. The summed E-state index contributed by atoms with van der Waals surface area (Å²) in [5.74, 6) is 0.697. The number of fused-ring (bicyclic) bond motifs is 9. The zero-order chi connectivity index (χ0) is 44.5. The molecule has 11 aromatic rings. The lowest BCUT2D eigenvalue weighted by atomic mass is 9.73. The number of aromatic nitrogens is 3. The number of hydrogen-bond acceptors (Lipinski definition) is 3. The molecular formula is C62H48N4. The standard InChI is InChI=1S/C62H48N4/c1-5-7-23-44(6-2)65-54-32-15-13-30-51(54)62(3,4)52-36-34-42(39-57(52)65)48-28-18-33-55-59(48)58-47-26-11-9-20-41(47)35-37-56(58)66(55)45-24-16-22-43(38-45)61-63-53-31-14-12-27-50(53)60(64-61)49-29-17-21-40-19-8-10-25-46(40)49/h6-39H,5H2,1-4H3/b23-7-,44-6+. The summed E-state index contributed by atoms with van der Waals surface area (Å²) in [7, 11) is 0. The van der Waals surface area contributed by atoms with Crippen LogP contribution in [0.5, 0.6) is 0 Å². The van der Waals surface area contributed by atoms with Gasteiger partial charge in [0.05, 0.1) is 33.6 Å². The van der Waals surface area contributed by atoms with E-state index in [1.165, 1.54) is 71.6 Å². The fraction of sp³-hybridized carbons (Fsp3) is 0.0968. The zero-order valence-corrected chi connectivity index (χ0v) is 37.6. The highest BCUT2D eigenvalue weighted by Crippen LogP contribution is 2.52. The molecule has 1 aliphatic rings. The molecule has 9 aromatic carbocycles. The van der Waals surface area contributed by atoms with Crippen molar-refractivity contribution in [2.45, 2.75) is 39.5 Å². The van der Waals surface area contributed by atoms with Gasteiger partial charge in [0.25, 0.3) is 0 Å². The second-order valence-corrected chi connectivity index (χ2v) is 17.9. The van der Waals surface area contributed by atoms with E-state index in [2.05, 4.69) is 243 Å². The van der Waals surface area contributed by atoms with E-state index in [0.29, 0.717) is 5.82 Å². The normalized spacial score (nSPS) is 13.6. The molecule has 0 saturated carbocycles. The molecule has 0 aliphatic carbocycles. The Labute approximate surface area is 385 Å². The van der Waals surface area contributed by atoms with E-state index in [0.717, 1.165) is 50.9 Å². The Balaban J connectivity index is 1.08. The molecule has 316 valence electrons. The van der Waals surface area contributed by atoms with Gasteiger partial charge in [-0.1, -0.05) is 179 Å². The summed E-state index contributed by atoms with van der Waals surface area (Å²) in [6.07, 6.45) is 7.73. The predicted octanol–water partition coefficient (Wildman–Crippen LogP) is 16.7. The number of hydrogen-bond donors (Lipinski definition) is 0.